The molecule has 0 saturated carbocycles. The second-order valence-electron chi connectivity index (χ2n) is 8.18. The van der Waals surface area contributed by atoms with Crippen molar-refractivity contribution < 1.29 is 0 Å². The van der Waals surface area contributed by atoms with Crippen LogP contribution in [0.1, 0.15) is 50.0 Å². The molecule has 0 radical (unpaired) electrons. The van der Waals surface area contributed by atoms with Gasteiger partial charge < -0.3 is 0 Å². The van der Waals surface area contributed by atoms with Crippen LogP contribution in [-0.4, -0.2) is 24.9 Å². The van der Waals surface area contributed by atoms with Crippen LogP contribution in [0.2, 0.25) is 0 Å². The first-order chi connectivity index (χ1) is 14.7. The predicted molar refractivity (Wildman–Crippen MR) is 125 cm³/mol. The van der Waals surface area contributed by atoms with Crippen molar-refractivity contribution in [3.63, 3.8) is 0 Å². The van der Waals surface area contributed by atoms with Crippen LogP contribution in [0.4, 0.5) is 0 Å². The van der Waals surface area contributed by atoms with Gasteiger partial charge in [0.25, 0.3) is 5.56 Å². The van der Waals surface area contributed by atoms with Crippen LogP contribution in [0, 0.1) is 5.92 Å². The number of hydrogen-bond acceptors (Lipinski definition) is 5. The van der Waals surface area contributed by atoms with Crippen LogP contribution in [0.5, 0.6) is 0 Å². The van der Waals surface area contributed by atoms with E-state index < -0.39 is 0 Å². The maximum absolute atomic E-state index is 13.7. The molecule has 1 atom stereocenters. The van der Waals surface area contributed by atoms with Crippen LogP contribution in [0.3, 0.4) is 0 Å². The highest BCUT2D eigenvalue weighted by Gasteiger charge is 2.27. The lowest BCUT2D eigenvalue weighted by molar-refractivity contribution is 0.509. The zero-order chi connectivity index (χ0) is 20.7. The molecule has 30 heavy (non-hydrogen) atoms. The van der Waals surface area contributed by atoms with Gasteiger partial charge in [-0.1, -0.05) is 56.7 Å². The molecule has 0 fully saturated rings. The van der Waals surface area contributed by atoms with Gasteiger partial charge in [0.05, 0.1) is 11.1 Å². The monoisotopic (exact) mass is 438 g/mol. The second kappa shape index (κ2) is 8.19. The first-order valence-corrected chi connectivity index (χ1v) is 12.6. The third-order valence-corrected chi connectivity index (χ3v) is 8.18. The van der Waals surface area contributed by atoms with Gasteiger partial charge >= 0.3 is 0 Å². The average Bonchev–Trinajstić information content (AvgIpc) is 3.33. The summed E-state index contributed by atoms with van der Waals surface area (Å²) in [4.78, 5) is 16.1. The van der Waals surface area contributed by atoms with Gasteiger partial charge in [-0.3, -0.25) is 4.79 Å². The summed E-state index contributed by atoms with van der Waals surface area (Å²) in [5, 5.41) is 10.8. The van der Waals surface area contributed by atoms with Crippen molar-refractivity contribution in [3.8, 4) is 5.69 Å². The molecular weight excluding hydrogens is 412 g/mol. The zero-order valence-corrected chi connectivity index (χ0v) is 19.1. The Bertz CT molecular complexity index is 1260. The predicted octanol–water partition coefficient (Wildman–Crippen LogP) is 5.50. The Balaban J connectivity index is 1.78. The fourth-order valence-electron chi connectivity index (χ4n) is 4.32. The number of unbranched alkanes of at least 4 members (excludes halogenated alkanes) is 2. The molecular formula is C23H26N4OS2. The first-order valence-electron chi connectivity index (χ1n) is 10.8. The second-order valence-corrected chi connectivity index (χ2v) is 10.3. The van der Waals surface area contributed by atoms with Crippen molar-refractivity contribution in [1.82, 2.24) is 19.2 Å². The van der Waals surface area contributed by atoms with Crippen molar-refractivity contribution in [1.29, 1.82) is 0 Å². The van der Waals surface area contributed by atoms with E-state index >= 15 is 0 Å². The third-order valence-electron chi connectivity index (χ3n) is 5.92. The van der Waals surface area contributed by atoms with Gasteiger partial charge in [-0.2, -0.15) is 0 Å². The minimum Gasteiger partial charge on any atom is -0.268 e. The Hall–Kier alpha value is -2.12. The number of benzene rings is 1. The molecule has 1 aromatic carbocycles. The van der Waals surface area contributed by atoms with Crippen LogP contribution >= 0.6 is 23.1 Å². The van der Waals surface area contributed by atoms with Crippen LogP contribution < -0.4 is 5.56 Å². The van der Waals surface area contributed by atoms with Crippen molar-refractivity contribution in [2.45, 2.75) is 57.5 Å². The molecule has 0 spiro atoms. The summed E-state index contributed by atoms with van der Waals surface area (Å²) >= 11 is 3.52. The minimum absolute atomic E-state index is 0.0330. The van der Waals surface area contributed by atoms with Gasteiger partial charge in [0.1, 0.15) is 4.83 Å². The topological polar surface area (TPSA) is 52.2 Å². The fourth-order valence-corrected chi connectivity index (χ4v) is 6.81. The summed E-state index contributed by atoms with van der Waals surface area (Å²) in [6, 6.07) is 9.83. The van der Waals surface area contributed by atoms with Crippen LogP contribution in [0.15, 0.2) is 40.3 Å². The number of aryl methyl sites for hydroxylation is 1. The Morgan fingerprint density at radius 1 is 1.20 bits per heavy atom. The summed E-state index contributed by atoms with van der Waals surface area (Å²) in [6.45, 7) is 4.52. The molecule has 0 N–H and O–H groups in total. The number of nitrogens with zero attached hydrogens (tertiary/aromatic N) is 4. The van der Waals surface area contributed by atoms with E-state index in [0.29, 0.717) is 11.7 Å². The molecule has 7 heteroatoms. The van der Waals surface area contributed by atoms with Gasteiger partial charge in [0.2, 0.25) is 5.78 Å². The van der Waals surface area contributed by atoms with E-state index in [9.17, 15) is 4.79 Å². The standard InChI is InChI=1S/C23H26N4OS2/c1-3-4-8-13-29-23-25-24-22-26(16-9-6-5-7-10-16)20(28)19-17-12-11-15(2)14-18(17)30-21(19)27(22)23/h5-7,9-10,15H,3-4,8,11-14H2,1-2H3/t15-/m1/s1. The van der Waals surface area contributed by atoms with Gasteiger partial charge in [0.15, 0.2) is 5.16 Å². The van der Waals surface area contributed by atoms with Gasteiger partial charge in [-0.15, -0.1) is 21.5 Å². The van der Waals surface area contributed by atoms with Crippen molar-refractivity contribution in [2.75, 3.05) is 5.75 Å². The highest BCUT2D eigenvalue weighted by molar-refractivity contribution is 7.99. The van der Waals surface area contributed by atoms with E-state index in [1.54, 1.807) is 27.7 Å². The summed E-state index contributed by atoms with van der Waals surface area (Å²) in [7, 11) is 0. The normalized spacial score (nSPS) is 16.4. The average molecular weight is 439 g/mol. The highest BCUT2D eigenvalue weighted by Crippen LogP contribution is 2.38. The van der Waals surface area contributed by atoms with E-state index in [4.69, 9.17) is 0 Å². The number of thiophene rings is 1. The molecule has 156 valence electrons. The summed E-state index contributed by atoms with van der Waals surface area (Å²) in [5.41, 5.74) is 2.12. The summed E-state index contributed by atoms with van der Waals surface area (Å²) < 4.78 is 3.88. The molecule has 5 rings (SSSR count). The lowest BCUT2D eigenvalue weighted by atomic mass is 9.89. The smallest absolute Gasteiger partial charge is 0.268 e. The molecule has 0 saturated heterocycles. The summed E-state index contributed by atoms with van der Waals surface area (Å²) in [5.74, 6) is 2.30. The molecule has 3 heterocycles. The highest BCUT2D eigenvalue weighted by atomic mass is 32.2. The number of hydrogen-bond donors (Lipinski definition) is 0. The molecule has 1 aliphatic rings. The SMILES string of the molecule is CCCCCSc1nnc2n(-c3ccccc3)c(=O)c3c4c(sc3n12)C[C@H](C)CC4. The molecule has 1 aliphatic carbocycles. The maximum Gasteiger partial charge on any atom is 0.268 e. The van der Waals surface area contributed by atoms with Crippen molar-refractivity contribution in [3.05, 3.63) is 51.1 Å². The van der Waals surface area contributed by atoms with Gasteiger partial charge in [-0.25, -0.2) is 8.97 Å². The summed E-state index contributed by atoms with van der Waals surface area (Å²) in [6.07, 6.45) is 6.77. The van der Waals surface area contributed by atoms with E-state index in [0.717, 1.165) is 52.5 Å². The zero-order valence-electron chi connectivity index (χ0n) is 17.4. The quantitative estimate of drug-likeness (QED) is 0.295. The van der Waals surface area contributed by atoms with Crippen molar-refractivity contribution >= 4 is 39.1 Å². The minimum atomic E-state index is 0.0330. The Morgan fingerprint density at radius 2 is 2.03 bits per heavy atom. The number of rotatable bonds is 6. The van der Waals surface area contributed by atoms with E-state index in [1.807, 2.05) is 30.3 Å². The lowest BCUT2D eigenvalue weighted by Gasteiger charge is -2.17. The third kappa shape index (κ3) is 3.28. The van der Waals surface area contributed by atoms with Gasteiger partial charge in [-0.05, 0) is 49.3 Å². The number of fused-ring (bicyclic) bond motifs is 5. The molecule has 5 nitrogen and oxygen atoms in total. The van der Waals surface area contributed by atoms with Crippen molar-refractivity contribution in [2.24, 2.45) is 5.92 Å². The number of aromatic nitrogens is 4. The first kappa shape index (κ1) is 19.8. The number of para-hydroxylation sites is 1. The van der Waals surface area contributed by atoms with Gasteiger partial charge in [0, 0.05) is 10.6 Å². The Kier molecular flexibility index (Phi) is 5.41. The molecule has 3 aromatic heterocycles. The molecule has 4 aromatic rings. The Morgan fingerprint density at radius 3 is 2.83 bits per heavy atom. The van der Waals surface area contributed by atoms with E-state index in [-0.39, 0.29) is 5.56 Å². The molecule has 0 unspecified atom stereocenters. The van der Waals surface area contributed by atoms with E-state index in [1.165, 1.54) is 23.3 Å². The Labute approximate surface area is 184 Å². The number of thioether (sulfide) groups is 1. The molecule has 0 aliphatic heterocycles. The fraction of sp³-hybridized carbons (Fsp3) is 0.435. The van der Waals surface area contributed by atoms with Crippen LogP contribution in [0.25, 0.3) is 21.7 Å². The largest absolute Gasteiger partial charge is 0.268 e. The maximum atomic E-state index is 13.7. The molecule has 0 bridgehead atoms. The van der Waals surface area contributed by atoms with Crippen LogP contribution in [-0.2, 0) is 12.8 Å². The molecule has 0 amide bonds. The van der Waals surface area contributed by atoms with E-state index in [2.05, 4.69) is 28.4 Å². The lowest BCUT2D eigenvalue weighted by Crippen LogP contribution is -2.22.